The van der Waals surface area contributed by atoms with Gasteiger partial charge in [-0.15, -0.1) is 0 Å². The van der Waals surface area contributed by atoms with E-state index in [0.717, 1.165) is 30.4 Å². The molecule has 1 aliphatic carbocycles. The third kappa shape index (κ3) is 4.80. The van der Waals surface area contributed by atoms with Crippen LogP contribution in [0.3, 0.4) is 0 Å². The van der Waals surface area contributed by atoms with Crippen molar-refractivity contribution >= 4 is 23.3 Å². The third-order valence-corrected chi connectivity index (χ3v) is 5.72. The maximum atomic E-state index is 12.2. The topological polar surface area (TPSA) is 49.3 Å². The van der Waals surface area contributed by atoms with E-state index < -0.39 is 5.97 Å². The monoisotopic (exact) mass is 407 g/mol. The number of rotatable bonds is 6. The molecule has 0 saturated heterocycles. The van der Waals surface area contributed by atoms with E-state index in [1.807, 2.05) is 31.2 Å². The number of nitrogens with one attached hydrogen (secondary N) is 1. The summed E-state index contributed by atoms with van der Waals surface area (Å²) in [7, 11) is 0. The number of benzene rings is 2. The number of aliphatic carboxylic acids is 1. The summed E-state index contributed by atoms with van der Waals surface area (Å²) in [6, 6.07) is 15.8. The van der Waals surface area contributed by atoms with Crippen molar-refractivity contribution < 1.29 is 9.90 Å². The van der Waals surface area contributed by atoms with Gasteiger partial charge in [-0.1, -0.05) is 60.7 Å². The molecule has 0 radical (unpaired) electrons. The Morgan fingerprint density at radius 3 is 2.59 bits per heavy atom. The molecule has 2 aromatic carbocycles. The van der Waals surface area contributed by atoms with Crippen LogP contribution in [0.1, 0.15) is 37.0 Å². The Morgan fingerprint density at radius 1 is 1.21 bits per heavy atom. The van der Waals surface area contributed by atoms with E-state index in [-0.39, 0.29) is 5.92 Å². The average Bonchev–Trinajstić information content (AvgIpc) is 2.71. The lowest BCUT2D eigenvalue weighted by Crippen LogP contribution is -2.23. The van der Waals surface area contributed by atoms with Crippen LogP contribution in [0.5, 0.6) is 0 Å². The molecule has 0 fully saturated rings. The van der Waals surface area contributed by atoms with E-state index in [9.17, 15) is 9.90 Å². The molecule has 2 N–H and O–H groups in total. The summed E-state index contributed by atoms with van der Waals surface area (Å²) < 4.78 is 0. The first kappa shape index (κ1) is 20.9. The standard InChI is InChI=1S/C25H26ClNO2/c1-4-23(21-13-12-18-8-5-6-9-20(18)14-21)24(25(28)29)17(3)27-16(2)19-10-7-11-22(26)15-19/h4-11,15,21,27H,2,12-14H2,1,3H3,(H,28,29)/b23-4-,24-17-. The molecule has 0 spiro atoms. The molecule has 1 unspecified atom stereocenters. The largest absolute Gasteiger partial charge is 0.478 e. The highest BCUT2D eigenvalue weighted by Gasteiger charge is 2.27. The summed E-state index contributed by atoms with van der Waals surface area (Å²) in [6.45, 7) is 7.76. The molecule has 0 aliphatic heterocycles. The maximum Gasteiger partial charge on any atom is 0.337 e. The zero-order chi connectivity index (χ0) is 21.0. The second kappa shape index (κ2) is 9.15. The van der Waals surface area contributed by atoms with Gasteiger partial charge in [-0.2, -0.15) is 0 Å². The molecule has 0 saturated carbocycles. The number of allylic oxidation sites excluding steroid dienone is 2. The minimum Gasteiger partial charge on any atom is -0.478 e. The second-order valence-corrected chi connectivity index (χ2v) is 7.81. The minimum absolute atomic E-state index is 0.178. The third-order valence-electron chi connectivity index (χ3n) is 5.49. The van der Waals surface area contributed by atoms with E-state index in [0.29, 0.717) is 22.0 Å². The van der Waals surface area contributed by atoms with Crippen molar-refractivity contribution in [2.45, 2.75) is 33.1 Å². The number of fused-ring (bicyclic) bond motifs is 1. The molecule has 0 aromatic heterocycles. The van der Waals surface area contributed by atoms with Crippen molar-refractivity contribution in [3.05, 3.63) is 99.7 Å². The highest BCUT2D eigenvalue weighted by molar-refractivity contribution is 6.30. The van der Waals surface area contributed by atoms with Crippen LogP contribution in [0.25, 0.3) is 5.70 Å². The van der Waals surface area contributed by atoms with Gasteiger partial charge in [0.25, 0.3) is 0 Å². The Kier molecular flexibility index (Phi) is 6.60. The molecular weight excluding hydrogens is 382 g/mol. The first-order chi connectivity index (χ1) is 13.9. The molecule has 0 amide bonds. The molecule has 3 rings (SSSR count). The highest BCUT2D eigenvalue weighted by Crippen LogP contribution is 2.34. The van der Waals surface area contributed by atoms with Crippen LogP contribution >= 0.6 is 11.6 Å². The average molecular weight is 408 g/mol. The SMILES string of the molecule is C=C(N/C(C)=C(C(=O)O)/C(=C\C)C1CCc2ccccc2C1)c1cccc(Cl)c1. The molecule has 1 aliphatic rings. The predicted octanol–water partition coefficient (Wildman–Crippen LogP) is 6.01. The molecule has 3 nitrogen and oxygen atoms in total. The lowest BCUT2D eigenvalue weighted by atomic mass is 9.77. The number of carboxylic acids is 1. The molecule has 2 aromatic rings. The highest BCUT2D eigenvalue weighted by atomic mass is 35.5. The molecule has 1 atom stereocenters. The van der Waals surface area contributed by atoms with E-state index in [1.165, 1.54) is 11.1 Å². The van der Waals surface area contributed by atoms with Gasteiger partial charge < -0.3 is 10.4 Å². The van der Waals surface area contributed by atoms with Gasteiger partial charge in [0, 0.05) is 16.4 Å². The van der Waals surface area contributed by atoms with Crippen LogP contribution in [0, 0.1) is 5.92 Å². The Balaban J connectivity index is 1.89. The van der Waals surface area contributed by atoms with Crippen LogP contribution in [0.15, 0.2) is 78.0 Å². The molecule has 0 heterocycles. The van der Waals surface area contributed by atoms with Gasteiger partial charge >= 0.3 is 5.97 Å². The Labute approximate surface area is 177 Å². The number of hydrogen-bond donors (Lipinski definition) is 2. The summed E-state index contributed by atoms with van der Waals surface area (Å²) >= 11 is 6.07. The van der Waals surface area contributed by atoms with Crippen LogP contribution in [0.4, 0.5) is 0 Å². The van der Waals surface area contributed by atoms with E-state index in [1.54, 1.807) is 19.1 Å². The van der Waals surface area contributed by atoms with E-state index in [4.69, 9.17) is 11.6 Å². The van der Waals surface area contributed by atoms with Crippen molar-refractivity contribution in [2.24, 2.45) is 5.92 Å². The van der Waals surface area contributed by atoms with Crippen molar-refractivity contribution in [3.8, 4) is 0 Å². The second-order valence-electron chi connectivity index (χ2n) is 7.37. The zero-order valence-electron chi connectivity index (χ0n) is 16.8. The van der Waals surface area contributed by atoms with Gasteiger partial charge in [0.15, 0.2) is 0 Å². The van der Waals surface area contributed by atoms with Crippen molar-refractivity contribution in [2.75, 3.05) is 0 Å². The Bertz CT molecular complexity index is 1000. The smallest absolute Gasteiger partial charge is 0.337 e. The zero-order valence-corrected chi connectivity index (χ0v) is 17.6. The van der Waals surface area contributed by atoms with Gasteiger partial charge in [0.05, 0.1) is 5.57 Å². The summed E-state index contributed by atoms with van der Waals surface area (Å²) in [4.78, 5) is 12.2. The fourth-order valence-corrected chi connectivity index (χ4v) is 4.28. The summed E-state index contributed by atoms with van der Waals surface area (Å²) in [6.07, 6.45) is 4.70. The van der Waals surface area contributed by atoms with Gasteiger partial charge in [-0.3, -0.25) is 0 Å². The van der Waals surface area contributed by atoms with Crippen LogP contribution in [-0.4, -0.2) is 11.1 Å². The van der Waals surface area contributed by atoms with Crippen molar-refractivity contribution in [1.29, 1.82) is 0 Å². The molecular formula is C25H26ClNO2. The summed E-state index contributed by atoms with van der Waals surface area (Å²) in [5.41, 5.74) is 5.89. The van der Waals surface area contributed by atoms with Crippen LogP contribution in [0.2, 0.25) is 5.02 Å². The molecule has 4 heteroatoms. The van der Waals surface area contributed by atoms with Gasteiger partial charge in [0.1, 0.15) is 0 Å². The lowest BCUT2D eigenvalue weighted by Gasteiger charge is -2.28. The first-order valence-corrected chi connectivity index (χ1v) is 10.2. The van der Waals surface area contributed by atoms with Crippen LogP contribution in [-0.2, 0) is 17.6 Å². The number of carboxylic acid groups (broad SMARTS) is 1. The molecule has 0 bridgehead atoms. The summed E-state index contributed by atoms with van der Waals surface area (Å²) in [5.74, 6) is -0.752. The lowest BCUT2D eigenvalue weighted by molar-refractivity contribution is -0.132. The minimum atomic E-state index is -0.930. The Hall–Kier alpha value is -2.78. The van der Waals surface area contributed by atoms with Crippen LogP contribution < -0.4 is 5.32 Å². The van der Waals surface area contributed by atoms with Gasteiger partial charge in [-0.05, 0) is 73.4 Å². The van der Waals surface area contributed by atoms with Gasteiger partial charge in [-0.25, -0.2) is 4.79 Å². The quantitative estimate of drug-likeness (QED) is 0.455. The van der Waals surface area contributed by atoms with E-state index >= 15 is 0 Å². The van der Waals surface area contributed by atoms with E-state index in [2.05, 4.69) is 30.1 Å². The number of halogens is 1. The fourth-order valence-electron chi connectivity index (χ4n) is 4.08. The normalized spacial score (nSPS) is 17.2. The maximum absolute atomic E-state index is 12.2. The first-order valence-electron chi connectivity index (χ1n) is 9.80. The van der Waals surface area contributed by atoms with Gasteiger partial charge in [0.2, 0.25) is 0 Å². The molecule has 150 valence electrons. The number of aryl methyl sites for hydroxylation is 1. The number of hydrogen-bond acceptors (Lipinski definition) is 2. The Morgan fingerprint density at radius 2 is 1.93 bits per heavy atom. The summed E-state index contributed by atoms with van der Waals surface area (Å²) in [5, 5.41) is 13.8. The van der Waals surface area contributed by atoms with Crippen molar-refractivity contribution in [3.63, 3.8) is 0 Å². The number of carbonyl (C=O) groups is 1. The fraction of sp³-hybridized carbons (Fsp3) is 0.240. The predicted molar refractivity (Wildman–Crippen MR) is 120 cm³/mol. The molecule has 29 heavy (non-hydrogen) atoms. The van der Waals surface area contributed by atoms with Crippen molar-refractivity contribution in [1.82, 2.24) is 5.32 Å².